The van der Waals surface area contributed by atoms with Crippen LogP contribution in [0.2, 0.25) is 10.0 Å². The molecular formula is C14H9Cl2NO. The van der Waals surface area contributed by atoms with Gasteiger partial charge in [-0.05, 0) is 42.0 Å². The molecule has 0 aliphatic heterocycles. The summed E-state index contributed by atoms with van der Waals surface area (Å²) >= 11 is 11.8. The number of pyridine rings is 1. The number of aromatic nitrogens is 1. The highest BCUT2D eigenvalue weighted by atomic mass is 35.5. The largest absolute Gasteiger partial charge is 0.289 e. The van der Waals surface area contributed by atoms with E-state index in [1.807, 2.05) is 0 Å². The Morgan fingerprint density at radius 3 is 2.72 bits per heavy atom. The molecule has 18 heavy (non-hydrogen) atoms. The van der Waals surface area contributed by atoms with Crippen LogP contribution in [0.5, 0.6) is 0 Å². The van der Waals surface area contributed by atoms with E-state index in [-0.39, 0.29) is 5.78 Å². The number of halogens is 2. The first-order valence-electron chi connectivity index (χ1n) is 5.24. The summed E-state index contributed by atoms with van der Waals surface area (Å²) in [5.74, 6) is -0.117. The molecular weight excluding hydrogens is 269 g/mol. The number of benzene rings is 1. The van der Waals surface area contributed by atoms with Crippen LogP contribution >= 0.6 is 23.2 Å². The zero-order chi connectivity index (χ0) is 13.0. The van der Waals surface area contributed by atoms with E-state index in [1.165, 1.54) is 12.3 Å². The second kappa shape index (κ2) is 5.80. The van der Waals surface area contributed by atoms with Gasteiger partial charge in [-0.2, -0.15) is 0 Å². The molecule has 0 atom stereocenters. The SMILES string of the molecule is O=C(C=Cc1ccc(Cl)cc1Cl)c1cccnc1. The minimum absolute atomic E-state index is 0.117. The van der Waals surface area contributed by atoms with Gasteiger partial charge in [-0.25, -0.2) is 0 Å². The molecule has 0 saturated heterocycles. The Balaban J connectivity index is 2.19. The monoisotopic (exact) mass is 277 g/mol. The van der Waals surface area contributed by atoms with Gasteiger partial charge in [0.05, 0.1) is 0 Å². The number of carbonyl (C=O) groups is 1. The highest BCUT2D eigenvalue weighted by molar-refractivity contribution is 6.35. The zero-order valence-electron chi connectivity index (χ0n) is 9.31. The molecule has 0 radical (unpaired) electrons. The summed E-state index contributed by atoms with van der Waals surface area (Å²) < 4.78 is 0. The lowest BCUT2D eigenvalue weighted by molar-refractivity contribution is 0.104. The predicted molar refractivity (Wildman–Crippen MR) is 74.1 cm³/mol. The van der Waals surface area contributed by atoms with E-state index in [9.17, 15) is 4.79 Å². The third-order valence-corrected chi connectivity index (χ3v) is 2.89. The van der Waals surface area contributed by atoms with Crippen LogP contribution in [0.1, 0.15) is 15.9 Å². The van der Waals surface area contributed by atoms with E-state index in [2.05, 4.69) is 4.98 Å². The van der Waals surface area contributed by atoms with Crippen molar-refractivity contribution in [2.75, 3.05) is 0 Å². The van der Waals surface area contributed by atoms with Crippen molar-refractivity contribution in [3.8, 4) is 0 Å². The molecule has 4 heteroatoms. The Morgan fingerprint density at radius 1 is 1.22 bits per heavy atom. The van der Waals surface area contributed by atoms with E-state index >= 15 is 0 Å². The van der Waals surface area contributed by atoms with Crippen LogP contribution in [0.4, 0.5) is 0 Å². The quantitative estimate of drug-likeness (QED) is 0.619. The highest BCUT2D eigenvalue weighted by Gasteiger charge is 2.02. The molecule has 0 saturated carbocycles. The maximum Gasteiger partial charge on any atom is 0.187 e. The molecule has 1 aromatic heterocycles. The maximum absolute atomic E-state index is 11.8. The Hall–Kier alpha value is -1.64. The minimum Gasteiger partial charge on any atom is -0.289 e. The molecule has 0 amide bonds. The molecule has 1 aromatic carbocycles. The molecule has 0 fully saturated rings. The smallest absolute Gasteiger partial charge is 0.187 e. The molecule has 2 rings (SSSR count). The van der Waals surface area contributed by atoms with Crippen LogP contribution in [0.3, 0.4) is 0 Å². The lowest BCUT2D eigenvalue weighted by Crippen LogP contribution is -1.94. The maximum atomic E-state index is 11.8. The van der Waals surface area contributed by atoms with Gasteiger partial charge in [-0.3, -0.25) is 9.78 Å². The number of allylic oxidation sites excluding steroid dienone is 1. The number of hydrogen-bond donors (Lipinski definition) is 0. The molecule has 2 aromatic rings. The normalized spacial score (nSPS) is 10.8. The fourth-order valence-corrected chi connectivity index (χ4v) is 1.88. The van der Waals surface area contributed by atoms with Crippen molar-refractivity contribution in [1.29, 1.82) is 0 Å². The van der Waals surface area contributed by atoms with Gasteiger partial charge in [0.1, 0.15) is 0 Å². The Morgan fingerprint density at radius 2 is 2.06 bits per heavy atom. The van der Waals surface area contributed by atoms with Gasteiger partial charge in [-0.15, -0.1) is 0 Å². The van der Waals surface area contributed by atoms with Gasteiger partial charge in [0.15, 0.2) is 5.78 Å². The predicted octanol–water partition coefficient (Wildman–Crippen LogP) is 4.28. The van der Waals surface area contributed by atoms with Crippen molar-refractivity contribution in [3.63, 3.8) is 0 Å². The zero-order valence-corrected chi connectivity index (χ0v) is 10.8. The van der Waals surface area contributed by atoms with E-state index < -0.39 is 0 Å². The second-order valence-electron chi connectivity index (χ2n) is 3.61. The molecule has 1 heterocycles. The van der Waals surface area contributed by atoms with Crippen LogP contribution in [0, 0.1) is 0 Å². The average Bonchev–Trinajstić information content (AvgIpc) is 2.38. The van der Waals surface area contributed by atoms with E-state index in [0.29, 0.717) is 15.6 Å². The molecule has 2 nitrogen and oxygen atoms in total. The average molecular weight is 278 g/mol. The first-order valence-corrected chi connectivity index (χ1v) is 6.00. The van der Waals surface area contributed by atoms with Crippen molar-refractivity contribution in [1.82, 2.24) is 4.98 Å². The standard InChI is InChI=1S/C14H9Cl2NO/c15-12-5-3-10(13(16)8-12)4-6-14(18)11-2-1-7-17-9-11/h1-9H. The van der Waals surface area contributed by atoms with Gasteiger partial charge in [0.25, 0.3) is 0 Å². The van der Waals surface area contributed by atoms with E-state index in [4.69, 9.17) is 23.2 Å². The summed E-state index contributed by atoms with van der Waals surface area (Å²) in [6.45, 7) is 0. The topological polar surface area (TPSA) is 30.0 Å². The third kappa shape index (κ3) is 3.19. The summed E-state index contributed by atoms with van der Waals surface area (Å²) in [6, 6.07) is 8.55. The lowest BCUT2D eigenvalue weighted by Gasteiger charge is -1.98. The number of ketones is 1. The number of rotatable bonds is 3. The van der Waals surface area contributed by atoms with Crippen molar-refractivity contribution < 1.29 is 4.79 Å². The van der Waals surface area contributed by atoms with E-state index in [0.717, 1.165) is 5.56 Å². The molecule has 0 aliphatic carbocycles. The van der Waals surface area contributed by atoms with Crippen LogP contribution in [0.15, 0.2) is 48.8 Å². The molecule has 0 N–H and O–H groups in total. The number of nitrogens with zero attached hydrogens (tertiary/aromatic N) is 1. The summed E-state index contributed by atoms with van der Waals surface area (Å²) in [5, 5.41) is 1.08. The summed E-state index contributed by atoms with van der Waals surface area (Å²) in [5.41, 5.74) is 1.29. The molecule has 0 spiro atoms. The van der Waals surface area contributed by atoms with Gasteiger partial charge in [-0.1, -0.05) is 29.3 Å². The Kier molecular flexibility index (Phi) is 4.13. The van der Waals surface area contributed by atoms with Crippen molar-refractivity contribution >= 4 is 35.1 Å². The molecule has 0 aliphatic rings. The molecule has 0 unspecified atom stereocenters. The van der Waals surface area contributed by atoms with Crippen LogP contribution in [-0.4, -0.2) is 10.8 Å². The number of hydrogen-bond acceptors (Lipinski definition) is 2. The summed E-state index contributed by atoms with van der Waals surface area (Å²) in [7, 11) is 0. The third-order valence-electron chi connectivity index (χ3n) is 2.32. The molecule has 0 bridgehead atoms. The summed E-state index contributed by atoms with van der Waals surface area (Å²) in [4.78, 5) is 15.7. The molecule has 90 valence electrons. The Bertz CT molecular complexity index is 594. The van der Waals surface area contributed by atoms with Crippen LogP contribution in [-0.2, 0) is 0 Å². The Labute approximate surface area is 115 Å². The van der Waals surface area contributed by atoms with E-state index in [1.54, 1.807) is 42.6 Å². The van der Waals surface area contributed by atoms with Crippen molar-refractivity contribution in [2.24, 2.45) is 0 Å². The minimum atomic E-state index is -0.117. The lowest BCUT2D eigenvalue weighted by atomic mass is 10.1. The van der Waals surface area contributed by atoms with Crippen LogP contribution < -0.4 is 0 Å². The second-order valence-corrected chi connectivity index (χ2v) is 4.45. The van der Waals surface area contributed by atoms with Gasteiger partial charge < -0.3 is 0 Å². The fraction of sp³-hybridized carbons (Fsp3) is 0. The van der Waals surface area contributed by atoms with Crippen molar-refractivity contribution in [3.05, 3.63) is 70.0 Å². The van der Waals surface area contributed by atoms with Gasteiger partial charge >= 0.3 is 0 Å². The van der Waals surface area contributed by atoms with Gasteiger partial charge in [0.2, 0.25) is 0 Å². The first kappa shape index (κ1) is 12.8. The fourth-order valence-electron chi connectivity index (χ4n) is 1.41. The summed E-state index contributed by atoms with van der Waals surface area (Å²) in [6.07, 6.45) is 6.27. The highest BCUT2D eigenvalue weighted by Crippen LogP contribution is 2.22. The van der Waals surface area contributed by atoms with Gasteiger partial charge in [0, 0.05) is 28.0 Å². The number of carbonyl (C=O) groups excluding carboxylic acids is 1. The van der Waals surface area contributed by atoms with Crippen molar-refractivity contribution in [2.45, 2.75) is 0 Å². The first-order chi connectivity index (χ1) is 8.66. The van der Waals surface area contributed by atoms with Crippen LogP contribution in [0.25, 0.3) is 6.08 Å².